The van der Waals surface area contributed by atoms with Crippen molar-refractivity contribution < 1.29 is 5.11 Å². The molecule has 0 amide bonds. The van der Waals surface area contributed by atoms with Gasteiger partial charge in [-0.2, -0.15) is 10.2 Å². The van der Waals surface area contributed by atoms with Crippen LogP contribution in [0.2, 0.25) is 0 Å². The minimum Gasteiger partial charge on any atom is -0.507 e. The molecule has 0 radical (unpaired) electrons. The summed E-state index contributed by atoms with van der Waals surface area (Å²) in [6.45, 7) is 6.01. The van der Waals surface area contributed by atoms with E-state index in [0.717, 1.165) is 33.2 Å². The largest absolute Gasteiger partial charge is 0.507 e. The molecule has 0 saturated heterocycles. The fourth-order valence-electron chi connectivity index (χ4n) is 2.11. The van der Waals surface area contributed by atoms with Crippen molar-refractivity contribution in [3.05, 3.63) is 34.9 Å². The zero-order chi connectivity index (χ0) is 12.6. The van der Waals surface area contributed by atoms with Crippen LogP contribution in [0.1, 0.15) is 16.7 Å². The summed E-state index contributed by atoms with van der Waals surface area (Å²) in [7, 11) is 1.64. The van der Waals surface area contributed by atoms with Crippen molar-refractivity contribution in [2.24, 2.45) is 10.2 Å². The Balaban J connectivity index is 2.98. The zero-order valence-corrected chi connectivity index (χ0v) is 10.6. The van der Waals surface area contributed by atoms with Crippen LogP contribution in [-0.2, 0) is 0 Å². The van der Waals surface area contributed by atoms with Crippen LogP contribution in [0.3, 0.4) is 0 Å². The maximum Gasteiger partial charge on any atom is 0.125 e. The third kappa shape index (κ3) is 1.88. The first-order chi connectivity index (χ1) is 8.04. The van der Waals surface area contributed by atoms with E-state index >= 15 is 0 Å². The molecule has 3 heteroatoms. The molecule has 2 aromatic carbocycles. The molecule has 0 aliphatic rings. The minimum absolute atomic E-state index is 0.269. The molecule has 0 aliphatic heterocycles. The first kappa shape index (κ1) is 11.6. The van der Waals surface area contributed by atoms with E-state index in [4.69, 9.17) is 0 Å². The fourth-order valence-corrected chi connectivity index (χ4v) is 2.11. The van der Waals surface area contributed by atoms with Crippen molar-refractivity contribution in [1.29, 1.82) is 0 Å². The van der Waals surface area contributed by atoms with Crippen LogP contribution in [0.25, 0.3) is 10.8 Å². The van der Waals surface area contributed by atoms with E-state index in [1.165, 1.54) is 0 Å². The summed E-state index contributed by atoms with van der Waals surface area (Å²) in [6, 6.07) is 5.88. The second kappa shape index (κ2) is 4.17. The summed E-state index contributed by atoms with van der Waals surface area (Å²) in [5, 5.41) is 19.8. The Morgan fingerprint density at radius 1 is 1.06 bits per heavy atom. The molecular weight excluding hydrogens is 212 g/mol. The molecule has 0 saturated carbocycles. The Bertz CT molecular complexity index is 615. The molecule has 1 N–H and O–H groups in total. The maximum atomic E-state index is 10.1. The summed E-state index contributed by atoms with van der Waals surface area (Å²) in [5.74, 6) is 0.269. The number of fused-ring (bicyclic) bond motifs is 1. The van der Waals surface area contributed by atoms with Gasteiger partial charge in [-0.1, -0.05) is 12.1 Å². The maximum absolute atomic E-state index is 10.1. The molecule has 17 heavy (non-hydrogen) atoms. The topological polar surface area (TPSA) is 45.0 Å². The quantitative estimate of drug-likeness (QED) is 0.731. The van der Waals surface area contributed by atoms with Gasteiger partial charge in [0.05, 0.1) is 11.1 Å². The summed E-state index contributed by atoms with van der Waals surface area (Å²) in [4.78, 5) is 0. The predicted molar refractivity (Wildman–Crippen MR) is 70.3 cm³/mol. The van der Waals surface area contributed by atoms with E-state index in [0.29, 0.717) is 0 Å². The third-order valence-electron chi connectivity index (χ3n) is 3.05. The molecule has 3 nitrogen and oxygen atoms in total. The highest BCUT2D eigenvalue weighted by molar-refractivity contribution is 5.99. The number of aryl methyl sites for hydroxylation is 2. The van der Waals surface area contributed by atoms with Crippen molar-refractivity contribution in [1.82, 2.24) is 0 Å². The van der Waals surface area contributed by atoms with Crippen molar-refractivity contribution in [2.75, 3.05) is 7.05 Å². The van der Waals surface area contributed by atoms with Crippen LogP contribution in [0.5, 0.6) is 5.75 Å². The van der Waals surface area contributed by atoms with E-state index in [1.807, 2.05) is 20.8 Å². The van der Waals surface area contributed by atoms with Gasteiger partial charge in [0.25, 0.3) is 0 Å². The van der Waals surface area contributed by atoms with E-state index < -0.39 is 0 Å². The number of benzene rings is 2. The number of aromatic hydroxyl groups is 1. The molecule has 0 aliphatic carbocycles. The van der Waals surface area contributed by atoms with Gasteiger partial charge in [0.2, 0.25) is 0 Å². The number of rotatable bonds is 1. The Hall–Kier alpha value is -1.90. The molecule has 88 valence electrons. The highest BCUT2D eigenvalue weighted by Gasteiger charge is 2.11. The number of phenols is 1. The Kier molecular flexibility index (Phi) is 2.84. The molecule has 0 bridgehead atoms. The predicted octanol–water partition coefficient (Wildman–Crippen LogP) is 4.18. The smallest absolute Gasteiger partial charge is 0.125 e. The highest BCUT2D eigenvalue weighted by atomic mass is 16.3. The normalized spacial score (nSPS) is 11.5. The van der Waals surface area contributed by atoms with Gasteiger partial charge in [0, 0.05) is 7.05 Å². The van der Waals surface area contributed by atoms with Crippen molar-refractivity contribution in [2.45, 2.75) is 20.8 Å². The second-order valence-corrected chi connectivity index (χ2v) is 4.35. The lowest BCUT2D eigenvalue weighted by Crippen LogP contribution is -1.86. The number of hydrogen-bond acceptors (Lipinski definition) is 3. The summed E-state index contributed by atoms with van der Waals surface area (Å²) >= 11 is 0. The van der Waals surface area contributed by atoms with Crippen molar-refractivity contribution in [3.8, 4) is 5.75 Å². The van der Waals surface area contributed by atoms with Crippen molar-refractivity contribution >= 4 is 16.5 Å². The summed E-state index contributed by atoms with van der Waals surface area (Å²) in [5.41, 5.74) is 4.02. The van der Waals surface area contributed by atoms with Crippen molar-refractivity contribution in [3.63, 3.8) is 0 Å². The molecule has 2 rings (SSSR count). The second-order valence-electron chi connectivity index (χ2n) is 4.35. The van der Waals surface area contributed by atoms with Gasteiger partial charge in [-0.3, -0.25) is 0 Å². The first-order valence-corrected chi connectivity index (χ1v) is 5.58. The molecule has 0 atom stereocenters. The molecule has 0 heterocycles. The van der Waals surface area contributed by atoms with Crippen LogP contribution in [-0.4, -0.2) is 12.2 Å². The van der Waals surface area contributed by atoms with Crippen LogP contribution in [0.15, 0.2) is 28.4 Å². The van der Waals surface area contributed by atoms with E-state index in [-0.39, 0.29) is 5.75 Å². The van der Waals surface area contributed by atoms with Crippen LogP contribution in [0.4, 0.5) is 5.69 Å². The molecule has 0 spiro atoms. The van der Waals surface area contributed by atoms with Crippen LogP contribution >= 0.6 is 0 Å². The van der Waals surface area contributed by atoms with Crippen LogP contribution in [0, 0.1) is 20.8 Å². The van der Waals surface area contributed by atoms with Gasteiger partial charge in [-0.15, -0.1) is 0 Å². The molecule has 2 aromatic rings. The van der Waals surface area contributed by atoms with E-state index in [9.17, 15) is 5.11 Å². The summed E-state index contributed by atoms with van der Waals surface area (Å²) < 4.78 is 0. The van der Waals surface area contributed by atoms with Gasteiger partial charge in [0.1, 0.15) is 5.75 Å². The Morgan fingerprint density at radius 3 is 2.41 bits per heavy atom. The SMILES string of the molecule is CN=Nc1c(C)c(C)cc2cc(C)cc(O)c12. The number of hydrogen-bond donors (Lipinski definition) is 1. The first-order valence-electron chi connectivity index (χ1n) is 5.58. The van der Waals surface area contributed by atoms with Gasteiger partial charge in [-0.05, 0) is 48.9 Å². The monoisotopic (exact) mass is 228 g/mol. The lowest BCUT2D eigenvalue weighted by molar-refractivity contribution is 0.481. The summed E-state index contributed by atoms with van der Waals surface area (Å²) in [6.07, 6.45) is 0. The van der Waals surface area contributed by atoms with Gasteiger partial charge < -0.3 is 5.11 Å². The van der Waals surface area contributed by atoms with Crippen LogP contribution < -0.4 is 0 Å². The molecule has 0 unspecified atom stereocenters. The lowest BCUT2D eigenvalue weighted by Gasteiger charge is -2.11. The Morgan fingerprint density at radius 2 is 1.76 bits per heavy atom. The number of phenolic OH excluding ortho intramolecular Hbond substituents is 1. The van der Waals surface area contributed by atoms with E-state index in [2.05, 4.69) is 22.4 Å². The lowest BCUT2D eigenvalue weighted by atomic mass is 9.98. The van der Waals surface area contributed by atoms with Gasteiger partial charge in [0.15, 0.2) is 0 Å². The average Bonchev–Trinajstić information content (AvgIpc) is 2.24. The van der Waals surface area contributed by atoms with Gasteiger partial charge >= 0.3 is 0 Å². The molecular formula is C14H16N2O. The Labute approximate surface area is 101 Å². The third-order valence-corrected chi connectivity index (χ3v) is 3.05. The molecule has 0 aromatic heterocycles. The minimum atomic E-state index is 0.269. The van der Waals surface area contributed by atoms with E-state index in [1.54, 1.807) is 13.1 Å². The average molecular weight is 228 g/mol. The van der Waals surface area contributed by atoms with Gasteiger partial charge in [-0.25, -0.2) is 0 Å². The molecule has 0 fully saturated rings. The number of nitrogens with zero attached hydrogens (tertiary/aromatic N) is 2. The highest BCUT2D eigenvalue weighted by Crippen LogP contribution is 2.38. The number of azo groups is 1. The zero-order valence-electron chi connectivity index (χ0n) is 10.6. The fraction of sp³-hybridized carbons (Fsp3) is 0.286. The standard InChI is InChI=1S/C14H16N2O/c1-8-5-11-7-9(2)10(3)14(16-15-4)13(11)12(17)6-8/h5-7,17H,1-4H3.